The number of alkyl halides is 3. The van der Waals surface area contributed by atoms with E-state index in [2.05, 4.69) is 4.74 Å². The Balaban J connectivity index is 2.56. The van der Waals surface area contributed by atoms with Crippen LogP contribution in [0.1, 0.15) is 5.56 Å². The molecule has 0 radical (unpaired) electrons. The van der Waals surface area contributed by atoms with Crippen molar-refractivity contribution in [3.05, 3.63) is 29.8 Å². The molecule has 0 unspecified atom stereocenters. The highest BCUT2D eigenvalue weighted by atomic mass is 19.4. The minimum Gasteiger partial charge on any atom is -0.406 e. The lowest BCUT2D eigenvalue weighted by atomic mass is 10.2. The fourth-order valence-electron chi connectivity index (χ4n) is 1.41. The van der Waals surface area contributed by atoms with Gasteiger partial charge in [-0.3, -0.25) is 0 Å². The van der Waals surface area contributed by atoms with E-state index in [4.69, 9.17) is 5.73 Å². The number of hydrogen-bond acceptors (Lipinski definition) is 3. The smallest absolute Gasteiger partial charge is 0.406 e. The average molecular weight is 248 g/mol. The van der Waals surface area contributed by atoms with E-state index < -0.39 is 6.36 Å². The Bertz CT molecular complexity index is 338. The Morgan fingerprint density at radius 2 is 1.82 bits per heavy atom. The standard InChI is InChI=1S/C11H15F3N2O/c1-16(7-6-15)8-9-2-4-10(5-3-9)17-11(12,13)14/h2-5H,6-8,15H2,1H3. The fourth-order valence-corrected chi connectivity index (χ4v) is 1.41. The molecule has 3 nitrogen and oxygen atoms in total. The van der Waals surface area contributed by atoms with Crippen molar-refractivity contribution in [2.75, 3.05) is 20.1 Å². The highest BCUT2D eigenvalue weighted by Crippen LogP contribution is 2.22. The van der Waals surface area contributed by atoms with Crippen molar-refractivity contribution < 1.29 is 17.9 Å². The Kier molecular flexibility index (Phi) is 4.77. The van der Waals surface area contributed by atoms with Gasteiger partial charge in [-0.25, -0.2) is 0 Å². The molecule has 0 bridgehead atoms. The molecule has 1 aromatic carbocycles. The van der Waals surface area contributed by atoms with Crippen LogP contribution in [0.15, 0.2) is 24.3 Å². The predicted molar refractivity (Wildman–Crippen MR) is 58.5 cm³/mol. The summed E-state index contributed by atoms with van der Waals surface area (Å²) in [5.41, 5.74) is 6.30. The molecule has 6 heteroatoms. The molecule has 96 valence electrons. The molecule has 0 saturated heterocycles. The van der Waals surface area contributed by atoms with E-state index in [0.717, 1.165) is 12.1 Å². The predicted octanol–water partition coefficient (Wildman–Crippen LogP) is 1.98. The van der Waals surface area contributed by atoms with Gasteiger partial charge in [-0.05, 0) is 24.7 Å². The fraction of sp³-hybridized carbons (Fsp3) is 0.455. The van der Waals surface area contributed by atoms with Crippen molar-refractivity contribution in [1.82, 2.24) is 4.90 Å². The molecular weight excluding hydrogens is 233 g/mol. The molecule has 0 aromatic heterocycles. The summed E-state index contributed by atoms with van der Waals surface area (Å²) in [6.07, 6.45) is -4.64. The molecule has 0 saturated carbocycles. The lowest BCUT2D eigenvalue weighted by Crippen LogP contribution is -2.24. The monoisotopic (exact) mass is 248 g/mol. The van der Waals surface area contributed by atoms with E-state index in [-0.39, 0.29) is 5.75 Å². The van der Waals surface area contributed by atoms with Gasteiger partial charge in [-0.15, -0.1) is 13.2 Å². The third-order valence-electron chi connectivity index (χ3n) is 2.12. The van der Waals surface area contributed by atoms with Gasteiger partial charge >= 0.3 is 6.36 Å². The van der Waals surface area contributed by atoms with E-state index in [1.54, 1.807) is 12.1 Å². The van der Waals surface area contributed by atoms with Crippen LogP contribution in [0.4, 0.5) is 13.2 Å². The molecule has 0 aliphatic rings. The number of nitrogens with zero attached hydrogens (tertiary/aromatic N) is 1. The summed E-state index contributed by atoms with van der Waals surface area (Å²) in [4.78, 5) is 1.99. The molecule has 0 spiro atoms. The first-order chi connectivity index (χ1) is 7.90. The number of rotatable bonds is 5. The summed E-state index contributed by atoms with van der Waals surface area (Å²) in [6.45, 7) is 1.93. The van der Waals surface area contributed by atoms with E-state index in [9.17, 15) is 13.2 Å². The van der Waals surface area contributed by atoms with E-state index >= 15 is 0 Å². The van der Waals surface area contributed by atoms with Gasteiger partial charge < -0.3 is 15.4 Å². The second-order valence-electron chi connectivity index (χ2n) is 3.72. The maximum atomic E-state index is 11.9. The Morgan fingerprint density at radius 1 is 1.24 bits per heavy atom. The Labute approximate surface area is 98.0 Å². The Morgan fingerprint density at radius 3 is 2.29 bits per heavy atom. The molecule has 0 aliphatic carbocycles. The zero-order valence-electron chi connectivity index (χ0n) is 9.50. The van der Waals surface area contributed by atoms with Gasteiger partial charge in [-0.1, -0.05) is 12.1 Å². The summed E-state index contributed by atoms with van der Waals surface area (Å²) in [5.74, 6) is -0.206. The highest BCUT2D eigenvalue weighted by Gasteiger charge is 2.30. The van der Waals surface area contributed by atoms with Gasteiger partial charge in [0.15, 0.2) is 0 Å². The quantitative estimate of drug-likeness (QED) is 0.865. The second kappa shape index (κ2) is 5.88. The number of benzene rings is 1. The van der Waals surface area contributed by atoms with Crippen LogP contribution < -0.4 is 10.5 Å². The number of ether oxygens (including phenoxy) is 1. The van der Waals surface area contributed by atoms with Crippen molar-refractivity contribution in [1.29, 1.82) is 0 Å². The number of nitrogens with two attached hydrogens (primary N) is 1. The van der Waals surface area contributed by atoms with Crippen LogP contribution in [0, 0.1) is 0 Å². The second-order valence-corrected chi connectivity index (χ2v) is 3.72. The molecule has 17 heavy (non-hydrogen) atoms. The van der Waals surface area contributed by atoms with Gasteiger partial charge in [0.05, 0.1) is 0 Å². The maximum Gasteiger partial charge on any atom is 0.573 e. The minimum atomic E-state index is -4.64. The molecule has 0 heterocycles. The van der Waals surface area contributed by atoms with E-state index in [0.29, 0.717) is 13.1 Å². The molecule has 0 amide bonds. The van der Waals surface area contributed by atoms with Crippen molar-refractivity contribution in [2.45, 2.75) is 12.9 Å². The summed E-state index contributed by atoms with van der Waals surface area (Å²) in [7, 11) is 1.90. The first-order valence-corrected chi connectivity index (χ1v) is 5.14. The minimum absolute atomic E-state index is 0.206. The first kappa shape index (κ1) is 13.8. The number of likely N-dealkylation sites (N-methyl/N-ethyl adjacent to an activating group) is 1. The summed E-state index contributed by atoms with van der Waals surface area (Å²) < 4.78 is 39.5. The lowest BCUT2D eigenvalue weighted by Gasteiger charge is -2.15. The third kappa shape index (κ3) is 5.55. The van der Waals surface area contributed by atoms with Crippen LogP contribution >= 0.6 is 0 Å². The average Bonchev–Trinajstić information content (AvgIpc) is 2.19. The van der Waals surface area contributed by atoms with Crippen LogP contribution in [0.3, 0.4) is 0 Å². The molecule has 0 atom stereocenters. The van der Waals surface area contributed by atoms with Crippen molar-refractivity contribution >= 4 is 0 Å². The molecule has 1 rings (SSSR count). The first-order valence-electron chi connectivity index (χ1n) is 5.14. The zero-order valence-corrected chi connectivity index (χ0v) is 9.50. The van der Waals surface area contributed by atoms with Crippen molar-refractivity contribution in [3.8, 4) is 5.75 Å². The summed E-state index contributed by atoms with van der Waals surface area (Å²) >= 11 is 0. The van der Waals surface area contributed by atoms with Crippen LogP contribution in [0.2, 0.25) is 0 Å². The third-order valence-corrected chi connectivity index (χ3v) is 2.12. The largest absolute Gasteiger partial charge is 0.573 e. The van der Waals surface area contributed by atoms with Gasteiger partial charge in [0.1, 0.15) is 5.75 Å². The normalized spacial score (nSPS) is 11.9. The molecule has 1 aromatic rings. The van der Waals surface area contributed by atoms with Crippen LogP contribution in [-0.2, 0) is 6.54 Å². The van der Waals surface area contributed by atoms with Crippen LogP contribution in [0.5, 0.6) is 5.75 Å². The summed E-state index contributed by atoms with van der Waals surface area (Å²) in [5, 5.41) is 0. The van der Waals surface area contributed by atoms with E-state index in [1.807, 2.05) is 11.9 Å². The highest BCUT2D eigenvalue weighted by molar-refractivity contribution is 5.27. The van der Waals surface area contributed by atoms with Crippen molar-refractivity contribution in [2.24, 2.45) is 5.73 Å². The number of halogens is 3. The summed E-state index contributed by atoms with van der Waals surface area (Å²) in [6, 6.07) is 5.82. The molecule has 0 aliphatic heterocycles. The van der Waals surface area contributed by atoms with Crippen LogP contribution in [-0.4, -0.2) is 31.4 Å². The Hall–Kier alpha value is -1.27. The van der Waals surface area contributed by atoms with Gasteiger partial charge in [0.25, 0.3) is 0 Å². The lowest BCUT2D eigenvalue weighted by molar-refractivity contribution is -0.274. The SMILES string of the molecule is CN(CCN)Cc1ccc(OC(F)(F)F)cc1. The van der Waals surface area contributed by atoms with Gasteiger partial charge in [-0.2, -0.15) is 0 Å². The molecule has 0 fully saturated rings. The molecule has 2 N–H and O–H groups in total. The van der Waals surface area contributed by atoms with Gasteiger partial charge in [0, 0.05) is 19.6 Å². The topological polar surface area (TPSA) is 38.5 Å². The van der Waals surface area contributed by atoms with Crippen LogP contribution in [0.25, 0.3) is 0 Å². The van der Waals surface area contributed by atoms with E-state index in [1.165, 1.54) is 12.1 Å². The number of hydrogen-bond donors (Lipinski definition) is 1. The van der Waals surface area contributed by atoms with Crippen molar-refractivity contribution in [3.63, 3.8) is 0 Å². The maximum absolute atomic E-state index is 11.9. The molecular formula is C11H15F3N2O. The zero-order chi connectivity index (χ0) is 12.9. The van der Waals surface area contributed by atoms with Gasteiger partial charge in [0.2, 0.25) is 0 Å².